The van der Waals surface area contributed by atoms with E-state index in [1.807, 2.05) is 12.3 Å². The van der Waals surface area contributed by atoms with Crippen molar-refractivity contribution in [1.82, 2.24) is 15.1 Å². The number of nitrogens with one attached hydrogen (secondary N) is 1. The highest BCUT2D eigenvalue weighted by atomic mass is 16.1. The summed E-state index contributed by atoms with van der Waals surface area (Å²) >= 11 is 0. The summed E-state index contributed by atoms with van der Waals surface area (Å²) in [5, 5.41) is 7.14. The number of nitrogens with zero attached hydrogens (tertiary/aromatic N) is 2. The molecule has 1 aromatic rings. The number of hydrogen-bond acceptors (Lipinski definition) is 3. The zero-order chi connectivity index (χ0) is 12.8. The molecule has 5 heteroatoms. The first-order valence-electron chi connectivity index (χ1n) is 6.78. The summed E-state index contributed by atoms with van der Waals surface area (Å²) in [5.74, 6) is 0.0767. The first-order valence-corrected chi connectivity index (χ1v) is 6.78. The van der Waals surface area contributed by atoms with Gasteiger partial charge in [0, 0.05) is 37.4 Å². The zero-order valence-corrected chi connectivity index (χ0v) is 10.7. The fourth-order valence-corrected chi connectivity index (χ4v) is 2.44. The van der Waals surface area contributed by atoms with E-state index in [4.69, 9.17) is 5.73 Å². The standard InChI is InChI=1S/C13H22N4O/c14-11-5-2-1-3-6-12(11)16-13(18)7-10-17-9-4-8-15-17/h4,8-9,11-12H,1-3,5-7,10,14H2,(H,16,18). The average Bonchev–Trinajstić information content (AvgIpc) is 2.80. The van der Waals surface area contributed by atoms with E-state index in [0.29, 0.717) is 13.0 Å². The van der Waals surface area contributed by atoms with Crippen LogP contribution in [0.4, 0.5) is 0 Å². The number of rotatable bonds is 4. The number of aromatic nitrogens is 2. The lowest BCUT2D eigenvalue weighted by molar-refractivity contribution is -0.122. The lowest BCUT2D eigenvalue weighted by Gasteiger charge is -2.22. The fourth-order valence-electron chi connectivity index (χ4n) is 2.44. The average molecular weight is 250 g/mol. The third kappa shape index (κ3) is 3.84. The van der Waals surface area contributed by atoms with E-state index in [1.165, 1.54) is 12.8 Å². The van der Waals surface area contributed by atoms with Crippen molar-refractivity contribution in [2.45, 2.75) is 57.2 Å². The number of aryl methyl sites for hydroxylation is 1. The van der Waals surface area contributed by atoms with E-state index >= 15 is 0 Å². The van der Waals surface area contributed by atoms with Gasteiger partial charge < -0.3 is 11.1 Å². The molecule has 1 saturated carbocycles. The molecule has 3 N–H and O–H groups in total. The highest BCUT2D eigenvalue weighted by molar-refractivity contribution is 5.76. The van der Waals surface area contributed by atoms with Crippen LogP contribution in [0.2, 0.25) is 0 Å². The summed E-state index contributed by atoms with van der Waals surface area (Å²) in [6, 6.07) is 2.12. The molecule has 2 atom stereocenters. The highest BCUT2D eigenvalue weighted by Crippen LogP contribution is 2.16. The maximum Gasteiger partial charge on any atom is 0.222 e. The minimum absolute atomic E-state index is 0.0767. The molecule has 0 radical (unpaired) electrons. The van der Waals surface area contributed by atoms with Crippen LogP contribution in [0.3, 0.4) is 0 Å². The van der Waals surface area contributed by atoms with Gasteiger partial charge in [-0.25, -0.2) is 0 Å². The summed E-state index contributed by atoms with van der Waals surface area (Å²) in [4.78, 5) is 11.9. The summed E-state index contributed by atoms with van der Waals surface area (Å²) < 4.78 is 1.77. The predicted octanol–water partition coefficient (Wildman–Crippen LogP) is 1.05. The molecule has 2 rings (SSSR count). The first-order chi connectivity index (χ1) is 8.75. The second-order valence-corrected chi connectivity index (χ2v) is 5.00. The molecule has 0 saturated heterocycles. The van der Waals surface area contributed by atoms with Crippen molar-refractivity contribution in [3.63, 3.8) is 0 Å². The Bertz CT molecular complexity index is 363. The molecule has 1 fully saturated rings. The number of hydrogen-bond donors (Lipinski definition) is 2. The van der Waals surface area contributed by atoms with E-state index in [9.17, 15) is 4.79 Å². The molecule has 2 unspecified atom stereocenters. The molecule has 0 aromatic carbocycles. The minimum atomic E-state index is 0.0767. The Balaban J connectivity index is 1.75. The molecule has 0 spiro atoms. The molecule has 100 valence electrons. The van der Waals surface area contributed by atoms with Crippen LogP contribution in [0.15, 0.2) is 18.5 Å². The predicted molar refractivity (Wildman–Crippen MR) is 69.8 cm³/mol. The first kappa shape index (κ1) is 13.1. The summed E-state index contributed by atoms with van der Waals surface area (Å²) in [6.45, 7) is 0.626. The van der Waals surface area contributed by atoms with Gasteiger partial charge in [-0.15, -0.1) is 0 Å². The summed E-state index contributed by atoms with van der Waals surface area (Å²) in [7, 11) is 0. The Kier molecular flexibility index (Phi) is 4.75. The SMILES string of the molecule is NC1CCCCCC1NC(=O)CCn1cccn1. The van der Waals surface area contributed by atoms with Crippen molar-refractivity contribution in [2.75, 3.05) is 0 Å². The topological polar surface area (TPSA) is 72.9 Å². The third-order valence-corrected chi connectivity index (χ3v) is 3.54. The molecule has 1 amide bonds. The Morgan fingerprint density at radius 1 is 1.39 bits per heavy atom. The molecule has 18 heavy (non-hydrogen) atoms. The monoisotopic (exact) mass is 250 g/mol. The van der Waals surface area contributed by atoms with Crippen LogP contribution in [0, 0.1) is 0 Å². The highest BCUT2D eigenvalue weighted by Gasteiger charge is 2.21. The van der Waals surface area contributed by atoms with Crippen molar-refractivity contribution in [3.05, 3.63) is 18.5 Å². The summed E-state index contributed by atoms with van der Waals surface area (Å²) in [5.41, 5.74) is 6.09. The van der Waals surface area contributed by atoms with Crippen LogP contribution >= 0.6 is 0 Å². The Hall–Kier alpha value is -1.36. The zero-order valence-electron chi connectivity index (χ0n) is 10.7. The molecule has 1 aliphatic carbocycles. The lowest BCUT2D eigenvalue weighted by atomic mass is 10.0. The Morgan fingerprint density at radius 3 is 3.00 bits per heavy atom. The van der Waals surface area contributed by atoms with Crippen LogP contribution in [-0.2, 0) is 11.3 Å². The van der Waals surface area contributed by atoms with Gasteiger partial charge in [-0.05, 0) is 18.9 Å². The number of carbonyl (C=O) groups is 1. The van der Waals surface area contributed by atoms with E-state index in [0.717, 1.165) is 19.3 Å². The second-order valence-electron chi connectivity index (χ2n) is 5.00. The van der Waals surface area contributed by atoms with Crippen LogP contribution in [0.5, 0.6) is 0 Å². The van der Waals surface area contributed by atoms with Gasteiger partial charge in [-0.2, -0.15) is 5.10 Å². The van der Waals surface area contributed by atoms with Crippen LogP contribution in [0.25, 0.3) is 0 Å². The molecule has 1 heterocycles. The van der Waals surface area contributed by atoms with E-state index in [-0.39, 0.29) is 18.0 Å². The van der Waals surface area contributed by atoms with Gasteiger partial charge in [0.25, 0.3) is 0 Å². The number of amides is 1. The van der Waals surface area contributed by atoms with Gasteiger partial charge in [0.05, 0.1) is 0 Å². The molecular formula is C13H22N4O. The van der Waals surface area contributed by atoms with Gasteiger partial charge >= 0.3 is 0 Å². The minimum Gasteiger partial charge on any atom is -0.352 e. The van der Waals surface area contributed by atoms with Crippen molar-refractivity contribution < 1.29 is 4.79 Å². The van der Waals surface area contributed by atoms with Crippen molar-refractivity contribution in [1.29, 1.82) is 0 Å². The van der Waals surface area contributed by atoms with Crippen molar-refractivity contribution >= 4 is 5.91 Å². The van der Waals surface area contributed by atoms with Gasteiger partial charge in [-0.1, -0.05) is 19.3 Å². The third-order valence-electron chi connectivity index (χ3n) is 3.54. The largest absolute Gasteiger partial charge is 0.352 e. The molecular weight excluding hydrogens is 228 g/mol. The Labute approximate surface area is 108 Å². The molecule has 0 aliphatic heterocycles. The van der Waals surface area contributed by atoms with E-state index in [1.54, 1.807) is 10.9 Å². The maximum absolute atomic E-state index is 11.9. The Morgan fingerprint density at radius 2 is 2.22 bits per heavy atom. The quantitative estimate of drug-likeness (QED) is 0.784. The number of carbonyl (C=O) groups excluding carboxylic acids is 1. The van der Waals surface area contributed by atoms with Crippen LogP contribution in [0.1, 0.15) is 38.5 Å². The van der Waals surface area contributed by atoms with Crippen LogP contribution < -0.4 is 11.1 Å². The molecule has 1 aliphatic rings. The van der Waals surface area contributed by atoms with Crippen LogP contribution in [-0.4, -0.2) is 27.8 Å². The molecule has 0 bridgehead atoms. The smallest absolute Gasteiger partial charge is 0.222 e. The molecule has 5 nitrogen and oxygen atoms in total. The fraction of sp³-hybridized carbons (Fsp3) is 0.692. The molecule has 1 aromatic heterocycles. The van der Waals surface area contributed by atoms with Gasteiger partial charge in [0.2, 0.25) is 5.91 Å². The number of nitrogens with two attached hydrogens (primary N) is 1. The second kappa shape index (κ2) is 6.54. The van der Waals surface area contributed by atoms with Gasteiger partial charge in [-0.3, -0.25) is 9.48 Å². The van der Waals surface area contributed by atoms with E-state index in [2.05, 4.69) is 10.4 Å². The normalized spacial score (nSPS) is 24.5. The van der Waals surface area contributed by atoms with Gasteiger partial charge in [0.15, 0.2) is 0 Å². The van der Waals surface area contributed by atoms with Crippen molar-refractivity contribution in [3.8, 4) is 0 Å². The van der Waals surface area contributed by atoms with Gasteiger partial charge in [0.1, 0.15) is 0 Å². The lowest BCUT2D eigenvalue weighted by Crippen LogP contribution is -2.47. The van der Waals surface area contributed by atoms with Crippen molar-refractivity contribution in [2.24, 2.45) is 5.73 Å². The summed E-state index contributed by atoms with van der Waals surface area (Å²) in [6.07, 6.45) is 9.65. The van der Waals surface area contributed by atoms with E-state index < -0.39 is 0 Å². The maximum atomic E-state index is 11.9.